The van der Waals surface area contributed by atoms with Crippen molar-refractivity contribution in [2.75, 3.05) is 13.2 Å². The van der Waals surface area contributed by atoms with E-state index in [0.717, 1.165) is 58.0 Å². The van der Waals surface area contributed by atoms with Gasteiger partial charge in [-0.05, 0) is 68.1 Å². The lowest BCUT2D eigenvalue weighted by Gasteiger charge is -2.62. The number of carbonyl (C=O) groups is 3. The van der Waals surface area contributed by atoms with Crippen LogP contribution in [0.5, 0.6) is 0 Å². The molecular formula is C24H33BrO6. The predicted molar refractivity (Wildman–Crippen MR) is 115 cm³/mol. The molecule has 4 aliphatic carbocycles. The van der Waals surface area contributed by atoms with E-state index in [0.29, 0.717) is 24.2 Å². The second-order valence-corrected chi connectivity index (χ2v) is 12.4. The van der Waals surface area contributed by atoms with Gasteiger partial charge in [-0.3, -0.25) is 14.4 Å². The van der Waals surface area contributed by atoms with Gasteiger partial charge < -0.3 is 14.2 Å². The SMILES string of the molecule is CC(=O)OCC(=O)[C@H]1CCC2C3C[C@@H]4OC[C@@]5(CCC(OC=O)C[C@]45Br)C3CC[C@@]21C. The monoisotopic (exact) mass is 496 g/mol. The molecule has 0 amide bonds. The van der Waals surface area contributed by atoms with E-state index in [9.17, 15) is 14.4 Å². The first kappa shape index (κ1) is 21.9. The van der Waals surface area contributed by atoms with Gasteiger partial charge in [0.15, 0.2) is 5.78 Å². The van der Waals surface area contributed by atoms with Crippen LogP contribution in [0.1, 0.15) is 65.2 Å². The van der Waals surface area contributed by atoms with Gasteiger partial charge >= 0.3 is 5.97 Å². The number of hydrogen-bond donors (Lipinski definition) is 0. The first-order valence-corrected chi connectivity index (χ1v) is 12.6. The second-order valence-electron chi connectivity index (χ2n) is 10.9. The van der Waals surface area contributed by atoms with Crippen molar-refractivity contribution >= 4 is 34.2 Å². The second kappa shape index (κ2) is 7.54. The van der Waals surface area contributed by atoms with E-state index in [1.807, 2.05) is 0 Å². The highest BCUT2D eigenvalue weighted by molar-refractivity contribution is 9.10. The van der Waals surface area contributed by atoms with Gasteiger partial charge in [-0.1, -0.05) is 22.9 Å². The minimum atomic E-state index is -0.389. The van der Waals surface area contributed by atoms with E-state index in [1.54, 1.807) is 0 Å². The van der Waals surface area contributed by atoms with Crippen LogP contribution in [0.3, 0.4) is 0 Å². The Labute approximate surface area is 192 Å². The number of hydrogen-bond acceptors (Lipinski definition) is 6. The molecule has 5 aliphatic rings. The molecule has 0 aromatic heterocycles. The summed E-state index contributed by atoms with van der Waals surface area (Å²) in [5.74, 6) is 1.34. The number of esters is 1. The molecule has 4 unspecified atom stereocenters. The summed E-state index contributed by atoms with van der Waals surface area (Å²) in [6, 6.07) is 0. The standard InChI is InChI=1S/C24H33BrO6/c1-14(27)29-11-20(28)19-4-3-17-16-9-21-24(25)10-15(31-13-26)5-8-23(24,12-30-21)18(16)6-7-22(17,19)2/h13,15-19,21H,3-12H2,1-2H3/t15?,16?,17?,18?,19-,21+,22+,23+,24+/m1/s1. The van der Waals surface area contributed by atoms with E-state index in [-0.39, 0.29) is 51.6 Å². The largest absolute Gasteiger partial charge is 0.465 e. The Morgan fingerprint density at radius 2 is 1.97 bits per heavy atom. The third kappa shape index (κ3) is 3.01. The third-order valence-corrected chi connectivity index (χ3v) is 11.6. The van der Waals surface area contributed by atoms with Crippen LogP contribution in [-0.2, 0) is 28.6 Å². The number of carbonyl (C=O) groups excluding carboxylic acids is 3. The van der Waals surface area contributed by atoms with Crippen molar-refractivity contribution in [2.45, 2.75) is 81.7 Å². The maximum atomic E-state index is 12.9. The molecule has 0 spiro atoms. The van der Waals surface area contributed by atoms with Crippen LogP contribution in [0.2, 0.25) is 0 Å². The zero-order valence-electron chi connectivity index (χ0n) is 18.4. The molecular weight excluding hydrogens is 464 g/mol. The first-order valence-electron chi connectivity index (χ1n) is 11.8. The van der Waals surface area contributed by atoms with Crippen molar-refractivity contribution < 1.29 is 28.6 Å². The Balaban J connectivity index is 1.39. The molecule has 5 rings (SSSR count). The van der Waals surface area contributed by atoms with Gasteiger partial charge in [0.2, 0.25) is 0 Å². The van der Waals surface area contributed by atoms with Crippen LogP contribution in [0.4, 0.5) is 0 Å². The average Bonchev–Trinajstić information content (AvgIpc) is 3.15. The van der Waals surface area contributed by atoms with E-state index >= 15 is 0 Å². The highest BCUT2D eigenvalue weighted by atomic mass is 79.9. The molecule has 9 atom stereocenters. The molecule has 1 saturated heterocycles. The van der Waals surface area contributed by atoms with Gasteiger partial charge in [-0.15, -0.1) is 0 Å². The van der Waals surface area contributed by atoms with Crippen molar-refractivity contribution in [2.24, 2.45) is 34.5 Å². The molecule has 4 saturated carbocycles. The number of fused-ring (bicyclic) bond motifs is 3. The topological polar surface area (TPSA) is 78.9 Å². The molecule has 0 aromatic carbocycles. The molecule has 2 bridgehead atoms. The van der Waals surface area contributed by atoms with Crippen LogP contribution in [-0.4, -0.2) is 48.0 Å². The van der Waals surface area contributed by atoms with Gasteiger partial charge in [-0.25, -0.2) is 0 Å². The number of rotatable bonds is 5. The molecule has 6 nitrogen and oxygen atoms in total. The summed E-state index contributed by atoms with van der Waals surface area (Å²) in [4.78, 5) is 35.1. The number of Topliss-reactive ketones (excluding diaryl/α,β-unsaturated/α-hetero) is 1. The van der Waals surface area contributed by atoms with E-state index in [1.165, 1.54) is 6.92 Å². The summed E-state index contributed by atoms with van der Waals surface area (Å²) in [6.45, 7) is 4.95. The quantitative estimate of drug-likeness (QED) is 0.327. The minimum absolute atomic E-state index is 0.0127. The highest BCUT2D eigenvalue weighted by Crippen LogP contribution is 2.72. The number of ether oxygens (including phenoxy) is 3. The Morgan fingerprint density at radius 3 is 2.71 bits per heavy atom. The smallest absolute Gasteiger partial charge is 0.303 e. The highest BCUT2D eigenvalue weighted by Gasteiger charge is 2.72. The van der Waals surface area contributed by atoms with E-state index in [2.05, 4.69) is 22.9 Å². The molecule has 1 heterocycles. The van der Waals surface area contributed by atoms with Crippen LogP contribution >= 0.6 is 15.9 Å². The van der Waals surface area contributed by atoms with Crippen LogP contribution in [0.15, 0.2) is 0 Å². The Kier molecular flexibility index (Phi) is 5.32. The molecule has 7 heteroatoms. The zero-order valence-corrected chi connectivity index (χ0v) is 20.0. The summed E-state index contributed by atoms with van der Waals surface area (Å²) in [7, 11) is 0. The number of ketones is 1. The van der Waals surface area contributed by atoms with Crippen molar-refractivity contribution in [3.63, 3.8) is 0 Å². The van der Waals surface area contributed by atoms with E-state index in [4.69, 9.17) is 14.2 Å². The minimum Gasteiger partial charge on any atom is -0.465 e. The Morgan fingerprint density at radius 1 is 1.16 bits per heavy atom. The fraction of sp³-hybridized carbons (Fsp3) is 0.875. The summed E-state index contributed by atoms with van der Waals surface area (Å²) in [6.07, 6.45) is 7.97. The van der Waals surface area contributed by atoms with Gasteiger partial charge in [0, 0.05) is 24.7 Å². The molecule has 0 N–H and O–H groups in total. The van der Waals surface area contributed by atoms with Crippen LogP contribution in [0, 0.1) is 34.5 Å². The van der Waals surface area contributed by atoms with Gasteiger partial charge in [-0.2, -0.15) is 0 Å². The molecule has 0 radical (unpaired) electrons. The molecule has 31 heavy (non-hydrogen) atoms. The summed E-state index contributed by atoms with van der Waals surface area (Å²) >= 11 is 4.16. The number of alkyl halides is 1. The van der Waals surface area contributed by atoms with Crippen molar-refractivity contribution in [1.82, 2.24) is 0 Å². The lowest BCUT2D eigenvalue weighted by molar-refractivity contribution is -0.150. The zero-order chi connectivity index (χ0) is 22.0. The van der Waals surface area contributed by atoms with Crippen molar-refractivity contribution in [3.05, 3.63) is 0 Å². The Hall–Kier alpha value is -0.950. The fourth-order valence-electron chi connectivity index (χ4n) is 8.69. The average molecular weight is 497 g/mol. The van der Waals surface area contributed by atoms with Gasteiger partial charge in [0.05, 0.1) is 17.0 Å². The summed E-state index contributed by atoms with van der Waals surface area (Å²) in [5, 5.41) is 0. The molecule has 5 fully saturated rings. The van der Waals surface area contributed by atoms with Crippen LogP contribution < -0.4 is 0 Å². The summed E-state index contributed by atoms with van der Waals surface area (Å²) < 4.78 is 16.8. The molecule has 0 aromatic rings. The Bertz CT molecular complexity index is 786. The third-order valence-electron chi connectivity index (χ3n) is 10.0. The van der Waals surface area contributed by atoms with E-state index < -0.39 is 0 Å². The maximum Gasteiger partial charge on any atom is 0.303 e. The maximum absolute atomic E-state index is 12.9. The predicted octanol–water partition coefficient (Wildman–Crippen LogP) is 3.83. The lowest BCUT2D eigenvalue weighted by atomic mass is 9.44. The fourth-order valence-corrected chi connectivity index (χ4v) is 9.98. The normalized spacial score (nSPS) is 50.0. The van der Waals surface area contributed by atoms with Crippen molar-refractivity contribution in [3.8, 4) is 0 Å². The van der Waals surface area contributed by atoms with Crippen LogP contribution in [0.25, 0.3) is 0 Å². The first-order chi connectivity index (χ1) is 14.7. The van der Waals surface area contributed by atoms with Gasteiger partial charge in [0.25, 0.3) is 6.47 Å². The lowest BCUT2D eigenvalue weighted by Crippen LogP contribution is -2.63. The summed E-state index contributed by atoms with van der Waals surface area (Å²) in [5.41, 5.74) is 0.0725. The molecule has 172 valence electrons. The van der Waals surface area contributed by atoms with Crippen molar-refractivity contribution in [1.29, 1.82) is 0 Å². The van der Waals surface area contributed by atoms with Gasteiger partial charge in [0.1, 0.15) is 12.7 Å². The molecule has 1 aliphatic heterocycles. The number of halogens is 1.